The first kappa shape index (κ1) is 13.3. The van der Waals surface area contributed by atoms with Crippen molar-refractivity contribution in [3.8, 4) is 11.5 Å². The molecule has 0 bridgehead atoms. The molecule has 19 heavy (non-hydrogen) atoms. The molecule has 1 aromatic heterocycles. The zero-order valence-electron chi connectivity index (χ0n) is 11.8. The van der Waals surface area contributed by atoms with Gasteiger partial charge in [-0.15, -0.1) is 0 Å². The van der Waals surface area contributed by atoms with Crippen LogP contribution < -0.4 is 10.2 Å². The third-order valence-electron chi connectivity index (χ3n) is 3.30. The molecule has 0 aliphatic heterocycles. The molecule has 102 valence electrons. The molecular weight excluding hydrogens is 240 g/mol. The van der Waals surface area contributed by atoms with Crippen molar-refractivity contribution in [2.75, 3.05) is 12.5 Å². The third kappa shape index (κ3) is 2.67. The van der Waals surface area contributed by atoms with E-state index in [4.69, 9.17) is 4.74 Å². The van der Waals surface area contributed by atoms with Crippen molar-refractivity contribution in [3.63, 3.8) is 0 Å². The van der Waals surface area contributed by atoms with Crippen molar-refractivity contribution in [1.29, 1.82) is 0 Å². The lowest BCUT2D eigenvalue weighted by molar-refractivity contribution is 0.405. The smallest absolute Gasteiger partial charge is 0.124 e. The summed E-state index contributed by atoms with van der Waals surface area (Å²) in [6.07, 6.45) is 0. The monoisotopic (exact) mass is 260 g/mol. The molecule has 1 unspecified atom stereocenters. The van der Waals surface area contributed by atoms with E-state index in [-0.39, 0.29) is 11.8 Å². The molecule has 1 atom stereocenters. The van der Waals surface area contributed by atoms with Gasteiger partial charge in [-0.2, -0.15) is 0 Å². The standard InChI is InChI=1S/C15H20N2O2/c1-10-5-6-11(2)17(10)16-12(3)14-8-7-13(19-4)9-15(14)18/h5-9,12,16,18H,1-4H3. The van der Waals surface area contributed by atoms with Crippen molar-refractivity contribution in [2.45, 2.75) is 26.8 Å². The van der Waals surface area contributed by atoms with E-state index in [9.17, 15) is 5.11 Å². The van der Waals surface area contributed by atoms with Gasteiger partial charge in [0, 0.05) is 23.0 Å². The van der Waals surface area contributed by atoms with Gasteiger partial charge < -0.3 is 15.3 Å². The molecule has 0 fully saturated rings. The van der Waals surface area contributed by atoms with Gasteiger partial charge in [0.15, 0.2) is 0 Å². The Hall–Kier alpha value is -2.10. The molecule has 0 saturated carbocycles. The van der Waals surface area contributed by atoms with E-state index < -0.39 is 0 Å². The minimum Gasteiger partial charge on any atom is -0.507 e. The largest absolute Gasteiger partial charge is 0.507 e. The summed E-state index contributed by atoms with van der Waals surface area (Å²) < 4.78 is 7.11. The fourth-order valence-corrected chi connectivity index (χ4v) is 2.15. The quantitative estimate of drug-likeness (QED) is 0.888. The average molecular weight is 260 g/mol. The van der Waals surface area contributed by atoms with E-state index in [1.54, 1.807) is 13.2 Å². The summed E-state index contributed by atoms with van der Waals surface area (Å²) >= 11 is 0. The predicted octanol–water partition coefficient (Wildman–Crippen LogP) is 3.12. The predicted molar refractivity (Wildman–Crippen MR) is 76.3 cm³/mol. The fraction of sp³-hybridized carbons (Fsp3) is 0.333. The van der Waals surface area contributed by atoms with E-state index in [0.29, 0.717) is 5.75 Å². The number of phenols is 1. The minimum atomic E-state index is -0.00398. The summed E-state index contributed by atoms with van der Waals surface area (Å²) in [4.78, 5) is 0. The van der Waals surface area contributed by atoms with Crippen LogP contribution in [0.15, 0.2) is 30.3 Å². The Kier molecular flexibility index (Phi) is 3.69. The maximum Gasteiger partial charge on any atom is 0.124 e. The van der Waals surface area contributed by atoms with Crippen LogP contribution in [-0.2, 0) is 0 Å². The second kappa shape index (κ2) is 5.26. The Balaban J connectivity index is 2.23. The van der Waals surface area contributed by atoms with Crippen molar-refractivity contribution in [1.82, 2.24) is 4.68 Å². The van der Waals surface area contributed by atoms with E-state index in [2.05, 4.69) is 17.6 Å². The van der Waals surface area contributed by atoms with Gasteiger partial charge in [0.25, 0.3) is 0 Å². The first-order chi connectivity index (χ1) is 9.02. The molecule has 0 aliphatic carbocycles. The van der Waals surface area contributed by atoms with Gasteiger partial charge in [0.1, 0.15) is 11.5 Å². The highest BCUT2D eigenvalue weighted by Gasteiger charge is 2.12. The Morgan fingerprint density at radius 3 is 2.32 bits per heavy atom. The van der Waals surface area contributed by atoms with Crippen LogP contribution in [0.5, 0.6) is 11.5 Å². The Morgan fingerprint density at radius 1 is 1.16 bits per heavy atom. The van der Waals surface area contributed by atoms with E-state index in [0.717, 1.165) is 17.0 Å². The molecule has 0 spiro atoms. The summed E-state index contributed by atoms with van der Waals surface area (Å²) in [7, 11) is 1.59. The Bertz CT molecular complexity index is 556. The topological polar surface area (TPSA) is 46.4 Å². The number of nitrogens with one attached hydrogen (secondary N) is 1. The van der Waals surface area contributed by atoms with Crippen molar-refractivity contribution < 1.29 is 9.84 Å². The highest BCUT2D eigenvalue weighted by Crippen LogP contribution is 2.29. The fourth-order valence-electron chi connectivity index (χ4n) is 2.15. The summed E-state index contributed by atoms with van der Waals surface area (Å²) in [5.74, 6) is 0.892. The number of nitrogens with zero attached hydrogens (tertiary/aromatic N) is 1. The number of phenolic OH excluding ortho intramolecular Hbond substituents is 1. The van der Waals surface area contributed by atoms with Crippen LogP contribution in [0.3, 0.4) is 0 Å². The molecule has 0 amide bonds. The molecule has 1 aromatic carbocycles. The lowest BCUT2D eigenvalue weighted by atomic mass is 10.1. The maximum atomic E-state index is 10.0. The van der Waals surface area contributed by atoms with E-state index >= 15 is 0 Å². The Labute approximate surface area is 113 Å². The van der Waals surface area contributed by atoms with Gasteiger partial charge in [0.2, 0.25) is 0 Å². The van der Waals surface area contributed by atoms with E-state index in [1.807, 2.05) is 37.6 Å². The maximum absolute atomic E-state index is 10.0. The molecular formula is C15H20N2O2. The molecule has 2 N–H and O–H groups in total. The SMILES string of the molecule is COc1ccc(C(C)Nn2c(C)ccc2C)c(O)c1. The molecule has 0 aliphatic rings. The minimum absolute atomic E-state index is 0.00398. The summed E-state index contributed by atoms with van der Waals surface area (Å²) in [6, 6.07) is 9.47. The molecule has 4 heteroatoms. The van der Waals surface area contributed by atoms with Gasteiger partial charge in [0.05, 0.1) is 13.2 Å². The number of aryl methyl sites for hydroxylation is 2. The van der Waals surface area contributed by atoms with Crippen molar-refractivity contribution in [2.24, 2.45) is 0 Å². The zero-order valence-corrected chi connectivity index (χ0v) is 11.8. The van der Waals surface area contributed by atoms with Gasteiger partial charge in [-0.3, -0.25) is 4.68 Å². The molecule has 0 radical (unpaired) electrons. The number of hydrogen-bond acceptors (Lipinski definition) is 3. The normalized spacial score (nSPS) is 12.2. The van der Waals surface area contributed by atoms with Gasteiger partial charge in [-0.25, -0.2) is 0 Å². The second-order valence-corrected chi connectivity index (χ2v) is 4.73. The van der Waals surface area contributed by atoms with Crippen molar-refractivity contribution in [3.05, 3.63) is 47.3 Å². The highest BCUT2D eigenvalue weighted by atomic mass is 16.5. The first-order valence-corrected chi connectivity index (χ1v) is 6.31. The van der Waals surface area contributed by atoms with Gasteiger partial charge >= 0.3 is 0 Å². The molecule has 1 heterocycles. The zero-order chi connectivity index (χ0) is 14.0. The van der Waals surface area contributed by atoms with Gasteiger partial charge in [-0.1, -0.05) is 0 Å². The first-order valence-electron chi connectivity index (χ1n) is 6.31. The number of ether oxygens (including phenoxy) is 1. The molecule has 2 aromatic rings. The van der Waals surface area contributed by atoms with E-state index in [1.165, 1.54) is 0 Å². The summed E-state index contributed by atoms with van der Waals surface area (Å²) in [5, 5.41) is 10.0. The highest BCUT2D eigenvalue weighted by molar-refractivity contribution is 5.42. The Morgan fingerprint density at radius 2 is 1.79 bits per heavy atom. The van der Waals surface area contributed by atoms with Crippen LogP contribution in [0.1, 0.15) is 29.9 Å². The van der Waals surface area contributed by atoms with Crippen molar-refractivity contribution >= 4 is 0 Å². The number of rotatable bonds is 4. The van der Waals surface area contributed by atoms with Crippen LogP contribution in [0.25, 0.3) is 0 Å². The lowest BCUT2D eigenvalue weighted by Gasteiger charge is -2.20. The third-order valence-corrected chi connectivity index (χ3v) is 3.30. The number of aromatic hydroxyl groups is 1. The molecule has 2 rings (SSSR count). The molecule has 4 nitrogen and oxygen atoms in total. The van der Waals surface area contributed by atoms with Gasteiger partial charge in [-0.05, 0) is 45.0 Å². The van der Waals surface area contributed by atoms with Crippen LogP contribution >= 0.6 is 0 Å². The van der Waals surface area contributed by atoms with Crippen LogP contribution in [0.2, 0.25) is 0 Å². The number of hydrogen-bond donors (Lipinski definition) is 2. The number of methoxy groups -OCH3 is 1. The molecule has 0 saturated heterocycles. The second-order valence-electron chi connectivity index (χ2n) is 4.73. The van der Waals surface area contributed by atoms with Crippen LogP contribution in [0, 0.1) is 13.8 Å². The number of aromatic nitrogens is 1. The van der Waals surface area contributed by atoms with Crippen LogP contribution in [0.4, 0.5) is 0 Å². The lowest BCUT2D eigenvalue weighted by Crippen LogP contribution is -2.20. The van der Waals surface area contributed by atoms with Crippen LogP contribution in [-0.4, -0.2) is 16.9 Å². The summed E-state index contributed by atoms with van der Waals surface area (Å²) in [6.45, 7) is 6.10. The average Bonchev–Trinajstić information content (AvgIpc) is 2.70. The number of benzene rings is 1. The summed E-state index contributed by atoms with van der Waals surface area (Å²) in [5.41, 5.74) is 6.48.